The van der Waals surface area contributed by atoms with Gasteiger partial charge in [0, 0.05) is 17.8 Å². The van der Waals surface area contributed by atoms with E-state index in [-0.39, 0.29) is 42.5 Å². The molecule has 1 N–H and O–H groups in total. The maximum atomic E-state index is 12.4. The molecule has 1 aliphatic heterocycles. The second kappa shape index (κ2) is 6.27. The summed E-state index contributed by atoms with van der Waals surface area (Å²) in [7, 11) is 0. The number of fused-ring (bicyclic) bond motifs is 2. The lowest BCUT2D eigenvalue weighted by Crippen LogP contribution is -2.34. The molecule has 1 aromatic heterocycles. The zero-order valence-corrected chi connectivity index (χ0v) is 14.4. The van der Waals surface area contributed by atoms with Crippen LogP contribution in [0, 0.1) is 11.8 Å². The number of aromatic nitrogens is 1. The molecule has 24 heavy (non-hydrogen) atoms. The number of nitrogens with one attached hydrogen (secondary N) is 1. The van der Waals surface area contributed by atoms with Crippen molar-refractivity contribution in [2.45, 2.75) is 51.4 Å². The van der Waals surface area contributed by atoms with Gasteiger partial charge in [0.1, 0.15) is 0 Å². The van der Waals surface area contributed by atoms with Crippen LogP contribution in [0.25, 0.3) is 0 Å². The first-order chi connectivity index (χ1) is 11.6. The third kappa shape index (κ3) is 2.75. The van der Waals surface area contributed by atoms with E-state index >= 15 is 0 Å². The molecule has 0 spiro atoms. The minimum absolute atomic E-state index is 0.0780. The van der Waals surface area contributed by atoms with Gasteiger partial charge in [0.05, 0.1) is 17.5 Å². The van der Waals surface area contributed by atoms with Crippen LogP contribution in [0.4, 0.5) is 5.13 Å². The number of likely N-dealkylation sites (tertiary alicyclic amines) is 1. The lowest BCUT2D eigenvalue weighted by molar-refractivity contribution is -0.140. The van der Waals surface area contributed by atoms with Crippen molar-refractivity contribution < 1.29 is 14.4 Å². The van der Waals surface area contributed by atoms with Crippen LogP contribution < -0.4 is 5.32 Å². The maximum absolute atomic E-state index is 12.4. The first kappa shape index (κ1) is 15.7. The number of hydrogen-bond acceptors (Lipinski definition) is 5. The number of nitrogens with zero attached hydrogens (tertiary/aromatic N) is 2. The number of imide groups is 1. The van der Waals surface area contributed by atoms with Gasteiger partial charge >= 0.3 is 0 Å². The average Bonchev–Trinajstić information content (AvgIpc) is 3.21. The second-order valence-electron chi connectivity index (χ2n) is 6.87. The average molecular weight is 347 g/mol. The number of carbonyl (C=O) groups is 3. The van der Waals surface area contributed by atoms with E-state index in [0.29, 0.717) is 5.13 Å². The highest BCUT2D eigenvalue weighted by Crippen LogP contribution is 2.38. The number of aryl methyl sites for hydroxylation is 2. The molecule has 1 saturated heterocycles. The zero-order valence-electron chi connectivity index (χ0n) is 13.5. The number of thiazole rings is 1. The molecule has 1 saturated carbocycles. The Morgan fingerprint density at radius 1 is 1.12 bits per heavy atom. The van der Waals surface area contributed by atoms with Crippen molar-refractivity contribution in [2.24, 2.45) is 11.8 Å². The van der Waals surface area contributed by atoms with Crippen molar-refractivity contribution >= 4 is 34.2 Å². The number of hydrogen-bond donors (Lipinski definition) is 1. The molecule has 1 aromatic rings. The Morgan fingerprint density at radius 3 is 2.50 bits per heavy atom. The Balaban J connectivity index is 1.33. The first-order valence-electron chi connectivity index (χ1n) is 8.77. The van der Waals surface area contributed by atoms with Gasteiger partial charge in [0.2, 0.25) is 17.7 Å². The summed E-state index contributed by atoms with van der Waals surface area (Å²) in [6.07, 6.45) is 6.96. The molecular formula is C17H21N3O3S. The summed E-state index contributed by atoms with van der Waals surface area (Å²) in [4.78, 5) is 43.9. The summed E-state index contributed by atoms with van der Waals surface area (Å²) < 4.78 is 0. The van der Waals surface area contributed by atoms with Crippen LogP contribution in [-0.2, 0) is 27.2 Å². The fraction of sp³-hybridized carbons (Fsp3) is 0.647. The van der Waals surface area contributed by atoms with E-state index in [4.69, 9.17) is 0 Å². The van der Waals surface area contributed by atoms with Crippen LogP contribution in [0.5, 0.6) is 0 Å². The highest BCUT2D eigenvalue weighted by Gasteiger charge is 2.47. The molecule has 3 amide bonds. The predicted molar refractivity (Wildman–Crippen MR) is 89.6 cm³/mol. The van der Waals surface area contributed by atoms with Gasteiger partial charge in [0.25, 0.3) is 0 Å². The highest BCUT2D eigenvalue weighted by molar-refractivity contribution is 7.15. The van der Waals surface area contributed by atoms with Gasteiger partial charge in [-0.1, -0.05) is 12.8 Å². The third-order valence-electron chi connectivity index (χ3n) is 5.34. The van der Waals surface area contributed by atoms with Gasteiger partial charge in [-0.2, -0.15) is 0 Å². The van der Waals surface area contributed by atoms with Gasteiger partial charge in [0.15, 0.2) is 5.13 Å². The number of carbonyl (C=O) groups excluding carboxylic acids is 3. The van der Waals surface area contributed by atoms with Crippen LogP contribution in [0.2, 0.25) is 0 Å². The molecule has 2 atom stereocenters. The van der Waals surface area contributed by atoms with E-state index in [1.807, 2.05) is 0 Å². The lowest BCUT2D eigenvalue weighted by Gasteiger charge is -2.19. The molecule has 0 aromatic carbocycles. The standard InChI is InChI=1S/C17H21N3O3S/c21-14(19-17-18-12-6-3-7-13(12)24-17)8-9-20-15(22)10-4-1-2-5-11(10)16(20)23/h10-11H,1-9H2,(H,18,19,21)/t10-,11-/m1/s1. The van der Waals surface area contributed by atoms with Crippen LogP contribution in [0.3, 0.4) is 0 Å². The molecule has 0 unspecified atom stereocenters. The summed E-state index contributed by atoms with van der Waals surface area (Å²) in [5, 5.41) is 3.44. The van der Waals surface area contributed by atoms with E-state index in [2.05, 4.69) is 10.3 Å². The molecule has 7 heteroatoms. The van der Waals surface area contributed by atoms with Crippen molar-refractivity contribution in [3.8, 4) is 0 Å². The van der Waals surface area contributed by atoms with Gasteiger partial charge in [-0.05, 0) is 32.1 Å². The van der Waals surface area contributed by atoms with E-state index in [9.17, 15) is 14.4 Å². The van der Waals surface area contributed by atoms with Crippen molar-refractivity contribution in [1.82, 2.24) is 9.88 Å². The molecule has 0 bridgehead atoms. The molecule has 4 rings (SSSR count). The van der Waals surface area contributed by atoms with Gasteiger partial charge in [-0.15, -0.1) is 11.3 Å². The molecule has 0 radical (unpaired) electrons. The smallest absolute Gasteiger partial charge is 0.233 e. The molecule has 3 aliphatic rings. The van der Waals surface area contributed by atoms with Crippen molar-refractivity contribution in [3.05, 3.63) is 10.6 Å². The van der Waals surface area contributed by atoms with Gasteiger partial charge in [-0.25, -0.2) is 4.98 Å². The fourth-order valence-electron chi connectivity index (χ4n) is 4.09. The Morgan fingerprint density at radius 2 is 1.83 bits per heavy atom. The lowest BCUT2D eigenvalue weighted by atomic mass is 9.81. The van der Waals surface area contributed by atoms with Gasteiger partial charge in [-0.3, -0.25) is 19.3 Å². The number of anilines is 1. The molecule has 2 aliphatic carbocycles. The Kier molecular flexibility index (Phi) is 4.12. The molecule has 6 nitrogen and oxygen atoms in total. The predicted octanol–water partition coefficient (Wildman–Crippen LogP) is 2.14. The monoisotopic (exact) mass is 347 g/mol. The number of amides is 3. The van der Waals surface area contributed by atoms with Gasteiger partial charge < -0.3 is 5.32 Å². The van der Waals surface area contributed by atoms with E-state index in [0.717, 1.165) is 50.6 Å². The quantitative estimate of drug-likeness (QED) is 0.846. The normalized spacial score (nSPS) is 25.8. The molecular weight excluding hydrogens is 326 g/mol. The van der Waals surface area contributed by atoms with Crippen molar-refractivity contribution in [3.63, 3.8) is 0 Å². The Bertz CT molecular complexity index is 654. The summed E-state index contributed by atoms with van der Waals surface area (Å²) in [6, 6.07) is 0. The van der Waals surface area contributed by atoms with Crippen LogP contribution in [-0.4, -0.2) is 34.2 Å². The van der Waals surface area contributed by atoms with Crippen molar-refractivity contribution in [2.75, 3.05) is 11.9 Å². The van der Waals surface area contributed by atoms with Crippen LogP contribution in [0.15, 0.2) is 0 Å². The zero-order chi connectivity index (χ0) is 16.7. The minimum atomic E-state index is -0.183. The summed E-state index contributed by atoms with van der Waals surface area (Å²) in [6.45, 7) is 0.182. The molecule has 2 heterocycles. The van der Waals surface area contributed by atoms with Crippen molar-refractivity contribution in [1.29, 1.82) is 0 Å². The first-order valence-corrected chi connectivity index (χ1v) is 9.59. The summed E-state index contributed by atoms with van der Waals surface area (Å²) in [5.74, 6) is -0.623. The van der Waals surface area contributed by atoms with Crippen LogP contribution >= 0.6 is 11.3 Å². The molecule has 2 fully saturated rings. The number of rotatable bonds is 4. The van der Waals surface area contributed by atoms with Crippen LogP contribution in [0.1, 0.15) is 49.1 Å². The van der Waals surface area contributed by atoms with E-state index in [1.165, 1.54) is 21.1 Å². The third-order valence-corrected chi connectivity index (χ3v) is 6.41. The van der Waals surface area contributed by atoms with E-state index < -0.39 is 0 Å². The Hall–Kier alpha value is -1.76. The summed E-state index contributed by atoms with van der Waals surface area (Å²) in [5.41, 5.74) is 1.10. The summed E-state index contributed by atoms with van der Waals surface area (Å²) >= 11 is 1.54. The topological polar surface area (TPSA) is 79.4 Å². The maximum Gasteiger partial charge on any atom is 0.233 e. The Labute approximate surface area is 144 Å². The highest BCUT2D eigenvalue weighted by atomic mass is 32.1. The molecule has 128 valence electrons. The fourth-order valence-corrected chi connectivity index (χ4v) is 5.16. The largest absolute Gasteiger partial charge is 0.302 e. The minimum Gasteiger partial charge on any atom is -0.302 e. The second-order valence-corrected chi connectivity index (χ2v) is 7.95. The van der Waals surface area contributed by atoms with E-state index in [1.54, 1.807) is 0 Å². The SMILES string of the molecule is O=C(CCN1C(=O)[C@@H]2CCCC[C@H]2C1=O)Nc1nc2c(s1)CCC2.